The lowest BCUT2D eigenvalue weighted by Gasteiger charge is -2.05. The molecule has 6 heteroatoms. The van der Waals surface area contributed by atoms with E-state index in [-0.39, 0.29) is 23.6 Å². The van der Waals surface area contributed by atoms with Gasteiger partial charge in [-0.2, -0.15) is 0 Å². The molecule has 0 heterocycles. The highest BCUT2D eigenvalue weighted by Crippen LogP contribution is 2.27. The van der Waals surface area contributed by atoms with Crippen LogP contribution in [0.15, 0.2) is 18.2 Å². The zero-order valence-corrected chi connectivity index (χ0v) is 9.59. The van der Waals surface area contributed by atoms with Gasteiger partial charge in [0, 0.05) is 5.02 Å². The van der Waals surface area contributed by atoms with Crippen LogP contribution in [0.3, 0.4) is 0 Å². The first-order valence-electron chi connectivity index (χ1n) is 4.36. The molecule has 0 atom stereocenters. The van der Waals surface area contributed by atoms with Gasteiger partial charge in [0.25, 0.3) is 0 Å². The van der Waals surface area contributed by atoms with Crippen molar-refractivity contribution < 1.29 is 19.4 Å². The summed E-state index contributed by atoms with van der Waals surface area (Å²) in [5.74, 6) is -1.53. The number of carbonyl (C=O) groups excluding carboxylic acids is 1. The van der Waals surface area contributed by atoms with Crippen molar-refractivity contribution in [1.29, 1.82) is 0 Å². The number of rotatable bonds is 4. The molecule has 1 N–H and O–H groups in total. The second-order valence-electron chi connectivity index (χ2n) is 2.94. The van der Waals surface area contributed by atoms with E-state index < -0.39 is 11.9 Å². The van der Waals surface area contributed by atoms with Gasteiger partial charge < -0.3 is 9.84 Å². The predicted octanol–water partition coefficient (Wildman–Crippen LogP) is 2.76. The average molecular weight is 263 g/mol. The predicted molar refractivity (Wildman–Crippen MR) is 59.0 cm³/mol. The second-order valence-corrected chi connectivity index (χ2v) is 3.79. The molecule has 4 nitrogen and oxygen atoms in total. The summed E-state index contributed by atoms with van der Waals surface area (Å²) >= 11 is 11.4. The van der Waals surface area contributed by atoms with E-state index in [0.717, 1.165) is 0 Å². The van der Waals surface area contributed by atoms with Gasteiger partial charge in [0.15, 0.2) is 0 Å². The van der Waals surface area contributed by atoms with Gasteiger partial charge in [-0.25, -0.2) is 0 Å². The lowest BCUT2D eigenvalue weighted by Crippen LogP contribution is -2.10. The standard InChI is InChI=1S/C10H8Cl2O4/c11-6-1-2-8(7(12)5-6)16-10(15)4-3-9(13)14/h1-2,5H,3-4H2,(H,13,14). The molecule has 1 aromatic carbocycles. The van der Waals surface area contributed by atoms with Crippen LogP contribution in [0.4, 0.5) is 0 Å². The Kier molecular flexibility index (Phi) is 4.58. The zero-order chi connectivity index (χ0) is 12.1. The Bertz CT molecular complexity index is 417. The fraction of sp³-hybridized carbons (Fsp3) is 0.200. The van der Waals surface area contributed by atoms with Gasteiger partial charge in [-0.3, -0.25) is 9.59 Å². The number of carboxylic acid groups (broad SMARTS) is 1. The highest BCUT2D eigenvalue weighted by molar-refractivity contribution is 6.35. The van der Waals surface area contributed by atoms with Crippen LogP contribution in [0.25, 0.3) is 0 Å². The Hall–Kier alpha value is -1.26. The maximum Gasteiger partial charge on any atom is 0.311 e. The number of halogens is 2. The number of ether oxygens (including phenoxy) is 1. The van der Waals surface area contributed by atoms with Gasteiger partial charge in [0.05, 0.1) is 17.9 Å². The van der Waals surface area contributed by atoms with E-state index in [1.165, 1.54) is 18.2 Å². The van der Waals surface area contributed by atoms with Crippen molar-refractivity contribution in [2.24, 2.45) is 0 Å². The molecule has 1 aromatic rings. The van der Waals surface area contributed by atoms with Crippen LogP contribution in [-0.4, -0.2) is 17.0 Å². The number of hydrogen-bond acceptors (Lipinski definition) is 3. The summed E-state index contributed by atoms with van der Waals surface area (Å²) in [6, 6.07) is 4.40. The van der Waals surface area contributed by atoms with Crippen molar-refractivity contribution in [2.45, 2.75) is 12.8 Å². The summed E-state index contributed by atoms with van der Waals surface area (Å²) in [6.07, 6.45) is -0.474. The third kappa shape index (κ3) is 4.08. The quantitative estimate of drug-likeness (QED) is 0.670. The molecular formula is C10H8Cl2O4. The highest BCUT2D eigenvalue weighted by atomic mass is 35.5. The fourth-order valence-electron chi connectivity index (χ4n) is 0.941. The molecule has 0 fully saturated rings. The van der Waals surface area contributed by atoms with Crippen LogP contribution in [0.5, 0.6) is 5.75 Å². The van der Waals surface area contributed by atoms with Crippen LogP contribution in [0, 0.1) is 0 Å². The SMILES string of the molecule is O=C(O)CCC(=O)Oc1ccc(Cl)cc1Cl. The van der Waals surface area contributed by atoms with E-state index in [1.54, 1.807) is 0 Å². The highest BCUT2D eigenvalue weighted by Gasteiger charge is 2.10. The Morgan fingerprint density at radius 2 is 1.94 bits per heavy atom. The molecule has 0 aromatic heterocycles. The van der Waals surface area contributed by atoms with Crippen molar-refractivity contribution in [2.75, 3.05) is 0 Å². The Labute approximate surface area is 102 Å². The van der Waals surface area contributed by atoms with Crippen molar-refractivity contribution >= 4 is 35.1 Å². The van der Waals surface area contributed by atoms with Gasteiger partial charge >= 0.3 is 11.9 Å². The molecule has 0 bridgehead atoms. The Morgan fingerprint density at radius 3 is 2.50 bits per heavy atom. The van der Waals surface area contributed by atoms with Gasteiger partial charge in [-0.15, -0.1) is 0 Å². The number of carboxylic acids is 1. The number of benzene rings is 1. The van der Waals surface area contributed by atoms with Crippen LogP contribution >= 0.6 is 23.2 Å². The zero-order valence-electron chi connectivity index (χ0n) is 8.07. The molecule has 0 saturated heterocycles. The van der Waals surface area contributed by atoms with Gasteiger partial charge in [0.1, 0.15) is 5.75 Å². The monoisotopic (exact) mass is 262 g/mol. The number of carbonyl (C=O) groups is 2. The summed E-state index contributed by atoms with van der Waals surface area (Å²) in [7, 11) is 0. The maximum absolute atomic E-state index is 11.2. The van der Waals surface area contributed by atoms with E-state index in [4.69, 9.17) is 33.0 Å². The lowest BCUT2D eigenvalue weighted by molar-refractivity contribution is -0.142. The summed E-state index contributed by atoms with van der Waals surface area (Å²) in [5, 5.41) is 9.00. The molecule has 0 aliphatic heterocycles. The topological polar surface area (TPSA) is 63.6 Å². The minimum Gasteiger partial charge on any atom is -0.481 e. The van der Waals surface area contributed by atoms with Crippen LogP contribution in [0.2, 0.25) is 10.0 Å². The fourth-order valence-corrected chi connectivity index (χ4v) is 1.39. The second kappa shape index (κ2) is 5.72. The molecule has 0 unspecified atom stereocenters. The molecule has 0 aliphatic rings. The molecule has 86 valence electrons. The third-order valence-corrected chi connectivity index (χ3v) is 2.19. The summed E-state index contributed by atoms with van der Waals surface area (Å²) in [5.41, 5.74) is 0. The van der Waals surface area contributed by atoms with Crippen molar-refractivity contribution in [1.82, 2.24) is 0 Å². The van der Waals surface area contributed by atoms with Crippen molar-refractivity contribution in [3.63, 3.8) is 0 Å². The van der Waals surface area contributed by atoms with Gasteiger partial charge in [-0.05, 0) is 18.2 Å². The van der Waals surface area contributed by atoms with E-state index in [0.29, 0.717) is 5.02 Å². The largest absolute Gasteiger partial charge is 0.481 e. The summed E-state index contributed by atoms with van der Waals surface area (Å²) in [6.45, 7) is 0. The molecule has 0 saturated carbocycles. The first kappa shape index (κ1) is 12.8. The lowest BCUT2D eigenvalue weighted by atomic mass is 10.3. The van der Waals surface area contributed by atoms with Crippen molar-refractivity contribution in [3.05, 3.63) is 28.2 Å². The first-order valence-corrected chi connectivity index (χ1v) is 5.12. The van der Waals surface area contributed by atoms with E-state index in [2.05, 4.69) is 0 Å². The van der Waals surface area contributed by atoms with Crippen molar-refractivity contribution in [3.8, 4) is 5.75 Å². The molecule has 0 amide bonds. The maximum atomic E-state index is 11.2. The van der Waals surface area contributed by atoms with Crippen LogP contribution < -0.4 is 4.74 Å². The average Bonchev–Trinajstić information content (AvgIpc) is 2.19. The van der Waals surface area contributed by atoms with E-state index >= 15 is 0 Å². The molecule has 1 rings (SSSR count). The number of aliphatic carboxylic acids is 1. The van der Waals surface area contributed by atoms with Gasteiger partial charge in [0.2, 0.25) is 0 Å². The van der Waals surface area contributed by atoms with E-state index in [9.17, 15) is 9.59 Å². The third-order valence-electron chi connectivity index (χ3n) is 1.66. The van der Waals surface area contributed by atoms with Crippen LogP contribution in [0.1, 0.15) is 12.8 Å². The van der Waals surface area contributed by atoms with Gasteiger partial charge in [-0.1, -0.05) is 23.2 Å². The minimum atomic E-state index is -1.06. The normalized spacial score (nSPS) is 9.88. The summed E-state index contributed by atoms with van der Waals surface area (Å²) in [4.78, 5) is 21.4. The molecular weight excluding hydrogens is 255 g/mol. The smallest absolute Gasteiger partial charge is 0.311 e. The first-order chi connectivity index (χ1) is 7.49. The molecule has 16 heavy (non-hydrogen) atoms. The minimum absolute atomic E-state index is 0.168. The Balaban J connectivity index is 2.59. The van der Waals surface area contributed by atoms with E-state index in [1.807, 2.05) is 0 Å². The van der Waals surface area contributed by atoms with Crippen LogP contribution in [-0.2, 0) is 9.59 Å². The number of hydrogen-bond donors (Lipinski definition) is 1. The Morgan fingerprint density at radius 1 is 1.25 bits per heavy atom. The molecule has 0 spiro atoms. The molecule has 0 aliphatic carbocycles. The summed E-state index contributed by atoms with van der Waals surface area (Å²) < 4.78 is 4.86. The number of esters is 1. The molecule has 0 radical (unpaired) electrons.